The van der Waals surface area contributed by atoms with Crippen LogP contribution < -0.4 is 11.2 Å². The quantitative estimate of drug-likeness (QED) is 0.828. The number of hydrazine groups is 1. The number of fused-ring (bicyclic) bond motifs is 1. The fourth-order valence-corrected chi connectivity index (χ4v) is 2.61. The van der Waals surface area contributed by atoms with Gasteiger partial charge in [-0.1, -0.05) is 34.1 Å². The number of aromatic nitrogens is 1. The molecule has 2 aromatic rings. The van der Waals surface area contributed by atoms with Crippen LogP contribution in [0.1, 0.15) is 12.5 Å². The first-order valence-electron chi connectivity index (χ1n) is 6.82. The van der Waals surface area contributed by atoms with Crippen LogP contribution in [0, 0.1) is 0 Å². The van der Waals surface area contributed by atoms with Crippen LogP contribution in [-0.2, 0) is 0 Å². The Kier molecular flexibility index (Phi) is 3.96. The average molecular weight is 358 g/mol. The van der Waals surface area contributed by atoms with Gasteiger partial charge in [-0.05, 0) is 25.8 Å². The van der Waals surface area contributed by atoms with Gasteiger partial charge in [-0.25, -0.2) is 15.4 Å². The molecule has 22 heavy (non-hydrogen) atoms. The van der Waals surface area contributed by atoms with Gasteiger partial charge >= 0.3 is 0 Å². The van der Waals surface area contributed by atoms with E-state index < -0.39 is 0 Å². The summed E-state index contributed by atoms with van der Waals surface area (Å²) in [4.78, 5) is 8.64. The first-order chi connectivity index (χ1) is 10.6. The zero-order valence-electron chi connectivity index (χ0n) is 12.2. The Balaban J connectivity index is 2.10. The molecule has 0 radical (unpaired) electrons. The minimum Gasteiger partial charge on any atom is -0.383 e. The number of hydrogen-bond donors (Lipinski definition) is 2. The lowest BCUT2D eigenvalue weighted by Gasteiger charge is -2.20. The molecular weight excluding hydrogens is 342 g/mol. The minimum absolute atomic E-state index is 0.561. The van der Waals surface area contributed by atoms with E-state index in [1.165, 1.54) is 0 Å². The highest BCUT2D eigenvalue weighted by molar-refractivity contribution is 9.11. The molecule has 1 aliphatic rings. The summed E-state index contributed by atoms with van der Waals surface area (Å²) >= 11 is 3.39. The van der Waals surface area contributed by atoms with Crippen LogP contribution in [0.4, 0.5) is 0 Å². The molecule has 1 aromatic carbocycles. The van der Waals surface area contributed by atoms with Crippen LogP contribution in [-0.4, -0.2) is 23.3 Å². The zero-order chi connectivity index (χ0) is 15.7. The van der Waals surface area contributed by atoms with Crippen molar-refractivity contribution in [1.82, 2.24) is 15.4 Å². The predicted molar refractivity (Wildman–Crippen MR) is 93.9 cm³/mol. The summed E-state index contributed by atoms with van der Waals surface area (Å²) in [5, 5.41) is 2.83. The van der Waals surface area contributed by atoms with E-state index in [9.17, 15) is 0 Å². The van der Waals surface area contributed by atoms with E-state index in [0.29, 0.717) is 18.2 Å². The smallest absolute Gasteiger partial charge is 0.153 e. The minimum atomic E-state index is 0.561. The lowest BCUT2D eigenvalue weighted by molar-refractivity contribution is 0.347. The van der Waals surface area contributed by atoms with Gasteiger partial charge in [-0.15, -0.1) is 0 Å². The predicted octanol–water partition coefficient (Wildman–Crippen LogP) is 2.97. The first-order valence-corrected chi connectivity index (χ1v) is 7.61. The SMILES string of the molecule is C=NC1=C(c2cnc3ccccc3c2)CNN1/C(N)=C(\C)Br. The van der Waals surface area contributed by atoms with Gasteiger partial charge in [0.2, 0.25) is 0 Å². The fraction of sp³-hybridized carbons (Fsp3) is 0.125. The molecule has 1 aliphatic heterocycles. The van der Waals surface area contributed by atoms with Gasteiger partial charge in [0, 0.05) is 33.7 Å². The molecule has 6 heteroatoms. The number of nitrogens with two attached hydrogens (primary N) is 1. The highest BCUT2D eigenvalue weighted by atomic mass is 79.9. The molecule has 0 aliphatic carbocycles. The normalized spacial score (nSPS) is 16.2. The van der Waals surface area contributed by atoms with Crippen molar-refractivity contribution in [3.8, 4) is 0 Å². The Morgan fingerprint density at radius 3 is 2.95 bits per heavy atom. The van der Waals surface area contributed by atoms with Crippen molar-refractivity contribution in [2.45, 2.75) is 6.92 Å². The molecule has 0 amide bonds. The number of rotatable bonds is 3. The lowest BCUT2D eigenvalue weighted by atomic mass is 10.1. The molecule has 1 aromatic heterocycles. The topological polar surface area (TPSA) is 66.5 Å². The van der Waals surface area contributed by atoms with Crippen molar-refractivity contribution in [3.05, 3.63) is 58.2 Å². The lowest BCUT2D eigenvalue weighted by Crippen LogP contribution is -2.34. The molecule has 0 saturated carbocycles. The molecule has 0 saturated heterocycles. The molecule has 0 fully saturated rings. The van der Waals surface area contributed by atoms with Gasteiger partial charge in [-0.2, -0.15) is 0 Å². The second kappa shape index (κ2) is 5.90. The number of nitrogens with one attached hydrogen (secondary N) is 1. The highest BCUT2D eigenvalue weighted by Crippen LogP contribution is 2.29. The van der Waals surface area contributed by atoms with Crippen LogP contribution in [0.25, 0.3) is 16.5 Å². The third kappa shape index (κ3) is 2.51. The van der Waals surface area contributed by atoms with Crippen LogP contribution in [0.15, 0.2) is 57.6 Å². The Morgan fingerprint density at radius 1 is 1.45 bits per heavy atom. The Labute approximate surface area is 137 Å². The van der Waals surface area contributed by atoms with Crippen molar-refractivity contribution in [2.75, 3.05) is 6.54 Å². The van der Waals surface area contributed by atoms with Gasteiger partial charge in [0.15, 0.2) is 5.82 Å². The van der Waals surface area contributed by atoms with Gasteiger partial charge in [0.1, 0.15) is 5.82 Å². The van der Waals surface area contributed by atoms with Crippen LogP contribution in [0.2, 0.25) is 0 Å². The van der Waals surface area contributed by atoms with E-state index in [1.54, 1.807) is 5.01 Å². The highest BCUT2D eigenvalue weighted by Gasteiger charge is 2.25. The zero-order valence-corrected chi connectivity index (χ0v) is 13.8. The molecular formula is C16H16BrN5. The van der Waals surface area contributed by atoms with E-state index in [0.717, 1.165) is 26.5 Å². The number of para-hydroxylation sites is 1. The summed E-state index contributed by atoms with van der Waals surface area (Å²) in [7, 11) is 0. The largest absolute Gasteiger partial charge is 0.383 e. The Morgan fingerprint density at radius 2 is 2.23 bits per heavy atom. The first kappa shape index (κ1) is 14.7. The van der Waals surface area contributed by atoms with E-state index in [4.69, 9.17) is 5.73 Å². The molecule has 112 valence electrons. The van der Waals surface area contributed by atoms with E-state index in [2.05, 4.69) is 44.1 Å². The van der Waals surface area contributed by atoms with Crippen molar-refractivity contribution in [1.29, 1.82) is 0 Å². The van der Waals surface area contributed by atoms with E-state index >= 15 is 0 Å². The van der Waals surface area contributed by atoms with Crippen molar-refractivity contribution < 1.29 is 0 Å². The maximum Gasteiger partial charge on any atom is 0.153 e. The number of halogens is 1. The number of hydrogen-bond acceptors (Lipinski definition) is 5. The van der Waals surface area contributed by atoms with Gasteiger partial charge < -0.3 is 5.73 Å². The fourth-order valence-electron chi connectivity index (χ4n) is 2.43. The summed E-state index contributed by atoms with van der Waals surface area (Å²) in [5.41, 5.74) is 12.3. The summed E-state index contributed by atoms with van der Waals surface area (Å²) in [6.45, 7) is 6.17. The molecule has 0 bridgehead atoms. The third-order valence-electron chi connectivity index (χ3n) is 3.58. The number of aliphatic imine (C=N–C) groups is 1. The number of pyridine rings is 1. The second-order valence-electron chi connectivity index (χ2n) is 4.97. The molecule has 5 nitrogen and oxygen atoms in total. The summed E-state index contributed by atoms with van der Waals surface area (Å²) in [6, 6.07) is 10.1. The van der Waals surface area contributed by atoms with Crippen molar-refractivity contribution in [3.63, 3.8) is 0 Å². The molecule has 3 rings (SSSR count). The monoisotopic (exact) mass is 357 g/mol. The molecule has 0 unspecified atom stereocenters. The standard InChI is InChI=1S/C16H16BrN5/c1-10(17)15(18)22-16(19-2)13(9-21-22)12-7-11-5-3-4-6-14(11)20-8-12/h3-8,21H,2,9,18H2,1H3/b15-10+. The van der Waals surface area contributed by atoms with Crippen LogP contribution in [0.5, 0.6) is 0 Å². The molecule has 3 N–H and O–H groups in total. The third-order valence-corrected chi connectivity index (χ3v) is 3.98. The number of allylic oxidation sites excluding steroid dienone is 1. The second-order valence-corrected chi connectivity index (χ2v) is 6.16. The van der Waals surface area contributed by atoms with E-state index in [1.807, 2.05) is 37.4 Å². The molecule has 0 atom stereocenters. The Bertz CT molecular complexity index is 805. The van der Waals surface area contributed by atoms with Crippen LogP contribution in [0.3, 0.4) is 0 Å². The van der Waals surface area contributed by atoms with Gasteiger partial charge in [0.25, 0.3) is 0 Å². The van der Waals surface area contributed by atoms with Crippen molar-refractivity contribution >= 4 is 39.1 Å². The average Bonchev–Trinajstić information content (AvgIpc) is 2.97. The number of nitrogens with zero attached hydrogens (tertiary/aromatic N) is 3. The molecule has 2 heterocycles. The molecule has 0 spiro atoms. The summed E-state index contributed by atoms with van der Waals surface area (Å²) < 4.78 is 0.832. The van der Waals surface area contributed by atoms with Crippen molar-refractivity contribution in [2.24, 2.45) is 10.7 Å². The van der Waals surface area contributed by atoms with Gasteiger partial charge in [0.05, 0.1) is 5.52 Å². The summed E-state index contributed by atoms with van der Waals surface area (Å²) in [5.74, 6) is 1.26. The maximum absolute atomic E-state index is 6.08. The Hall–Kier alpha value is -2.18. The van der Waals surface area contributed by atoms with Gasteiger partial charge in [-0.3, -0.25) is 4.98 Å². The van der Waals surface area contributed by atoms with E-state index in [-0.39, 0.29) is 0 Å². The van der Waals surface area contributed by atoms with Crippen LogP contribution >= 0.6 is 15.9 Å². The summed E-state index contributed by atoms with van der Waals surface area (Å²) in [6.07, 6.45) is 1.86. The maximum atomic E-state index is 6.08. The number of benzene rings is 1.